The number of guanidine groups is 1. The maximum atomic E-state index is 5.93. The predicted molar refractivity (Wildman–Crippen MR) is 106 cm³/mol. The third-order valence-electron chi connectivity index (χ3n) is 3.60. The standard InChI is InChI=1S/C17H29N3O.HI/c1-6-21-16(12(2)3)9-10-19-17(18)20-15-8-7-13(4)14(5)11-15;/h7-8,11-12,16H,6,9-10H2,1-5H3,(H3,18,19,20);1H. The van der Waals surface area contributed by atoms with Gasteiger partial charge >= 0.3 is 0 Å². The van der Waals surface area contributed by atoms with Crippen LogP contribution in [-0.4, -0.2) is 25.2 Å². The minimum absolute atomic E-state index is 0. The number of nitrogens with one attached hydrogen (secondary N) is 1. The molecule has 0 fully saturated rings. The molecule has 1 aromatic rings. The van der Waals surface area contributed by atoms with E-state index in [-0.39, 0.29) is 30.1 Å². The summed E-state index contributed by atoms with van der Waals surface area (Å²) in [5.41, 5.74) is 9.42. The van der Waals surface area contributed by atoms with Crippen molar-refractivity contribution >= 4 is 35.6 Å². The summed E-state index contributed by atoms with van der Waals surface area (Å²) in [5, 5.41) is 3.13. The van der Waals surface area contributed by atoms with Crippen molar-refractivity contribution in [3.63, 3.8) is 0 Å². The molecule has 0 saturated heterocycles. The van der Waals surface area contributed by atoms with Crippen molar-refractivity contribution < 1.29 is 4.74 Å². The summed E-state index contributed by atoms with van der Waals surface area (Å²) in [4.78, 5) is 4.38. The zero-order chi connectivity index (χ0) is 15.8. The van der Waals surface area contributed by atoms with E-state index in [1.54, 1.807) is 0 Å². The maximum absolute atomic E-state index is 5.93. The molecular formula is C17H30IN3O. The summed E-state index contributed by atoms with van der Waals surface area (Å²) in [6.45, 7) is 11.9. The number of aliphatic imine (C=N–C) groups is 1. The van der Waals surface area contributed by atoms with E-state index >= 15 is 0 Å². The molecule has 1 rings (SSSR count). The van der Waals surface area contributed by atoms with Gasteiger partial charge in [0.05, 0.1) is 6.10 Å². The Morgan fingerprint density at radius 2 is 1.95 bits per heavy atom. The summed E-state index contributed by atoms with van der Waals surface area (Å²) < 4.78 is 5.70. The van der Waals surface area contributed by atoms with Gasteiger partial charge in [-0.05, 0) is 56.4 Å². The summed E-state index contributed by atoms with van der Waals surface area (Å²) in [6, 6.07) is 6.17. The van der Waals surface area contributed by atoms with Gasteiger partial charge in [0, 0.05) is 18.8 Å². The number of benzene rings is 1. The van der Waals surface area contributed by atoms with E-state index < -0.39 is 0 Å². The molecule has 0 amide bonds. The van der Waals surface area contributed by atoms with Crippen molar-refractivity contribution in [1.29, 1.82) is 0 Å². The molecule has 1 unspecified atom stereocenters. The van der Waals surface area contributed by atoms with E-state index in [4.69, 9.17) is 10.5 Å². The third-order valence-corrected chi connectivity index (χ3v) is 3.60. The summed E-state index contributed by atoms with van der Waals surface area (Å²) in [7, 11) is 0. The Bertz CT molecular complexity index is 475. The highest BCUT2D eigenvalue weighted by atomic mass is 127. The van der Waals surface area contributed by atoms with Crippen LogP contribution in [0.5, 0.6) is 0 Å². The zero-order valence-electron chi connectivity index (χ0n) is 14.3. The van der Waals surface area contributed by atoms with Gasteiger partial charge in [0.25, 0.3) is 0 Å². The Kier molecular flexibility index (Phi) is 10.4. The Balaban J connectivity index is 0.00000441. The fourth-order valence-corrected chi connectivity index (χ4v) is 2.14. The van der Waals surface area contributed by atoms with Gasteiger partial charge in [-0.3, -0.25) is 4.99 Å². The second-order valence-electron chi connectivity index (χ2n) is 5.72. The zero-order valence-corrected chi connectivity index (χ0v) is 16.7. The van der Waals surface area contributed by atoms with Crippen molar-refractivity contribution in [3.05, 3.63) is 29.3 Å². The van der Waals surface area contributed by atoms with Crippen LogP contribution in [0.2, 0.25) is 0 Å². The Morgan fingerprint density at radius 3 is 2.50 bits per heavy atom. The van der Waals surface area contributed by atoms with Crippen LogP contribution in [0.4, 0.5) is 5.69 Å². The van der Waals surface area contributed by atoms with E-state index in [2.05, 4.69) is 50.1 Å². The number of ether oxygens (including phenoxy) is 1. The molecular weight excluding hydrogens is 389 g/mol. The van der Waals surface area contributed by atoms with Crippen LogP contribution in [0, 0.1) is 19.8 Å². The number of rotatable bonds is 7. The average Bonchev–Trinajstić information content (AvgIpc) is 2.42. The molecule has 0 aliphatic rings. The van der Waals surface area contributed by atoms with Crippen LogP contribution >= 0.6 is 24.0 Å². The summed E-state index contributed by atoms with van der Waals surface area (Å²) in [6.07, 6.45) is 1.13. The summed E-state index contributed by atoms with van der Waals surface area (Å²) >= 11 is 0. The number of hydrogen-bond acceptors (Lipinski definition) is 2. The van der Waals surface area contributed by atoms with Crippen LogP contribution < -0.4 is 11.1 Å². The SMILES string of the molecule is CCOC(CCN=C(N)Nc1ccc(C)c(C)c1)C(C)C.I. The molecule has 22 heavy (non-hydrogen) atoms. The van der Waals surface area contributed by atoms with Gasteiger partial charge in [0.15, 0.2) is 5.96 Å². The molecule has 5 heteroatoms. The largest absolute Gasteiger partial charge is 0.378 e. The lowest BCUT2D eigenvalue weighted by Gasteiger charge is -2.19. The lowest BCUT2D eigenvalue weighted by atomic mass is 10.0. The van der Waals surface area contributed by atoms with Gasteiger partial charge in [-0.15, -0.1) is 24.0 Å². The lowest BCUT2D eigenvalue weighted by molar-refractivity contribution is 0.0266. The Hall–Kier alpha value is -0.820. The highest BCUT2D eigenvalue weighted by Crippen LogP contribution is 2.14. The van der Waals surface area contributed by atoms with Crippen molar-refractivity contribution in [2.75, 3.05) is 18.5 Å². The van der Waals surface area contributed by atoms with Gasteiger partial charge in [-0.25, -0.2) is 0 Å². The minimum atomic E-state index is 0. The fourth-order valence-electron chi connectivity index (χ4n) is 2.14. The van der Waals surface area contributed by atoms with Gasteiger partial charge in [-0.2, -0.15) is 0 Å². The van der Waals surface area contributed by atoms with Crippen molar-refractivity contribution in [2.45, 2.75) is 47.1 Å². The molecule has 0 bridgehead atoms. The molecule has 126 valence electrons. The fraction of sp³-hybridized carbons (Fsp3) is 0.588. The van der Waals surface area contributed by atoms with Crippen molar-refractivity contribution in [3.8, 4) is 0 Å². The highest BCUT2D eigenvalue weighted by molar-refractivity contribution is 14.0. The Morgan fingerprint density at radius 1 is 1.27 bits per heavy atom. The van der Waals surface area contributed by atoms with E-state index in [1.165, 1.54) is 11.1 Å². The number of hydrogen-bond donors (Lipinski definition) is 2. The average molecular weight is 419 g/mol. The molecule has 3 N–H and O–H groups in total. The lowest BCUT2D eigenvalue weighted by Crippen LogP contribution is -2.25. The molecule has 0 heterocycles. The van der Waals surface area contributed by atoms with Gasteiger partial charge in [-0.1, -0.05) is 19.9 Å². The van der Waals surface area contributed by atoms with Crippen LogP contribution in [0.15, 0.2) is 23.2 Å². The number of anilines is 1. The highest BCUT2D eigenvalue weighted by Gasteiger charge is 2.12. The molecule has 0 aromatic heterocycles. The second-order valence-corrected chi connectivity index (χ2v) is 5.72. The molecule has 1 atom stereocenters. The molecule has 0 spiro atoms. The maximum Gasteiger partial charge on any atom is 0.193 e. The van der Waals surface area contributed by atoms with Crippen molar-refractivity contribution in [2.24, 2.45) is 16.6 Å². The molecule has 0 aliphatic heterocycles. The topological polar surface area (TPSA) is 59.6 Å². The molecule has 0 radical (unpaired) electrons. The first-order chi connectivity index (χ1) is 9.93. The minimum Gasteiger partial charge on any atom is -0.378 e. The quantitative estimate of drug-likeness (QED) is 0.398. The van der Waals surface area contributed by atoms with E-state index in [0.29, 0.717) is 18.4 Å². The third kappa shape index (κ3) is 7.45. The van der Waals surface area contributed by atoms with Gasteiger partial charge in [0.2, 0.25) is 0 Å². The van der Waals surface area contributed by atoms with Crippen LogP contribution in [-0.2, 0) is 4.74 Å². The van der Waals surface area contributed by atoms with Crippen molar-refractivity contribution in [1.82, 2.24) is 0 Å². The first kappa shape index (κ1) is 21.2. The van der Waals surface area contributed by atoms with Gasteiger partial charge < -0.3 is 15.8 Å². The van der Waals surface area contributed by atoms with Crippen LogP contribution in [0.25, 0.3) is 0 Å². The van der Waals surface area contributed by atoms with Crippen LogP contribution in [0.3, 0.4) is 0 Å². The Labute approximate surface area is 151 Å². The van der Waals surface area contributed by atoms with Gasteiger partial charge in [0.1, 0.15) is 0 Å². The molecule has 0 saturated carbocycles. The molecule has 1 aromatic carbocycles. The number of aryl methyl sites for hydroxylation is 2. The number of halogens is 1. The van der Waals surface area contributed by atoms with E-state index in [9.17, 15) is 0 Å². The van der Waals surface area contributed by atoms with Crippen LogP contribution in [0.1, 0.15) is 38.3 Å². The molecule has 0 aliphatic carbocycles. The first-order valence-electron chi connectivity index (χ1n) is 7.69. The normalized spacial score (nSPS) is 12.9. The van der Waals surface area contributed by atoms with E-state index in [1.807, 2.05) is 13.0 Å². The first-order valence-corrected chi connectivity index (χ1v) is 7.69. The second kappa shape index (κ2) is 10.8. The summed E-state index contributed by atoms with van der Waals surface area (Å²) in [5.74, 6) is 0.950. The molecule has 4 nitrogen and oxygen atoms in total. The monoisotopic (exact) mass is 419 g/mol. The smallest absolute Gasteiger partial charge is 0.193 e. The van der Waals surface area contributed by atoms with E-state index in [0.717, 1.165) is 18.7 Å². The number of nitrogens with two attached hydrogens (primary N) is 1. The predicted octanol–water partition coefficient (Wildman–Crippen LogP) is 4.10. The number of nitrogens with zero attached hydrogens (tertiary/aromatic N) is 1.